The van der Waals surface area contributed by atoms with Gasteiger partial charge in [-0.15, -0.1) is 0 Å². The number of rotatable bonds is 4. The molecule has 1 aliphatic carbocycles. The highest BCUT2D eigenvalue weighted by Crippen LogP contribution is 2.39. The molecule has 0 unspecified atom stereocenters. The van der Waals surface area contributed by atoms with E-state index < -0.39 is 0 Å². The monoisotopic (exact) mass is 264 g/mol. The van der Waals surface area contributed by atoms with Crippen LogP contribution in [0.2, 0.25) is 0 Å². The summed E-state index contributed by atoms with van der Waals surface area (Å²) in [5.74, 6) is 2.64. The van der Waals surface area contributed by atoms with Gasteiger partial charge in [-0.25, -0.2) is 0 Å². The second-order valence-electron chi connectivity index (χ2n) is 7.14. The molecule has 0 saturated heterocycles. The van der Waals surface area contributed by atoms with Gasteiger partial charge in [0.1, 0.15) is 5.76 Å². The molecular formula is C16H28N2O. The van der Waals surface area contributed by atoms with E-state index in [1.165, 1.54) is 25.7 Å². The number of hydrogen-bond acceptors (Lipinski definition) is 3. The summed E-state index contributed by atoms with van der Waals surface area (Å²) in [7, 11) is 0. The van der Waals surface area contributed by atoms with Crippen LogP contribution < -0.4 is 5.32 Å². The van der Waals surface area contributed by atoms with Crippen LogP contribution >= 0.6 is 0 Å². The molecule has 1 aliphatic rings. The third kappa shape index (κ3) is 4.34. The smallest absolute Gasteiger partial charge is 0.133 e. The van der Waals surface area contributed by atoms with Crippen molar-refractivity contribution >= 4 is 0 Å². The standard InChI is InChI=1S/C16H28N2O/c1-12-9-15(18-19-12)11-17-10-13-5-7-14(8-6-13)16(2,3)4/h9,13-14,17H,5-8,10-11H2,1-4H3. The minimum absolute atomic E-state index is 0.483. The van der Waals surface area contributed by atoms with E-state index in [-0.39, 0.29) is 0 Å². The molecule has 0 atom stereocenters. The molecule has 1 fully saturated rings. The first kappa shape index (κ1) is 14.6. The molecule has 0 bridgehead atoms. The minimum Gasteiger partial charge on any atom is -0.361 e. The van der Waals surface area contributed by atoms with Crippen molar-refractivity contribution in [2.75, 3.05) is 6.54 Å². The fraction of sp³-hybridized carbons (Fsp3) is 0.812. The van der Waals surface area contributed by atoms with Gasteiger partial charge in [-0.3, -0.25) is 0 Å². The second-order valence-corrected chi connectivity index (χ2v) is 7.14. The Bertz CT molecular complexity index is 384. The zero-order valence-electron chi connectivity index (χ0n) is 12.8. The molecular weight excluding hydrogens is 236 g/mol. The van der Waals surface area contributed by atoms with Crippen molar-refractivity contribution < 1.29 is 4.52 Å². The molecule has 0 spiro atoms. The third-order valence-corrected chi connectivity index (χ3v) is 4.49. The van der Waals surface area contributed by atoms with E-state index in [2.05, 4.69) is 31.2 Å². The number of hydrogen-bond donors (Lipinski definition) is 1. The molecule has 1 saturated carbocycles. The number of aryl methyl sites for hydroxylation is 1. The van der Waals surface area contributed by atoms with E-state index in [0.29, 0.717) is 5.41 Å². The van der Waals surface area contributed by atoms with Crippen molar-refractivity contribution in [2.45, 2.75) is 59.9 Å². The zero-order chi connectivity index (χ0) is 13.9. The predicted molar refractivity (Wildman–Crippen MR) is 77.8 cm³/mol. The lowest BCUT2D eigenvalue weighted by molar-refractivity contribution is 0.149. The highest BCUT2D eigenvalue weighted by molar-refractivity contribution is 5.02. The van der Waals surface area contributed by atoms with Gasteiger partial charge >= 0.3 is 0 Å². The molecule has 1 aromatic heterocycles. The van der Waals surface area contributed by atoms with Crippen LogP contribution in [0.15, 0.2) is 10.6 Å². The predicted octanol–water partition coefficient (Wildman–Crippen LogP) is 3.93. The lowest BCUT2D eigenvalue weighted by atomic mass is 9.70. The summed E-state index contributed by atoms with van der Waals surface area (Å²) in [4.78, 5) is 0. The van der Waals surface area contributed by atoms with Gasteiger partial charge in [0, 0.05) is 12.6 Å². The highest BCUT2D eigenvalue weighted by atomic mass is 16.5. The number of nitrogens with zero attached hydrogens (tertiary/aromatic N) is 1. The van der Waals surface area contributed by atoms with E-state index in [1.54, 1.807) is 0 Å². The minimum atomic E-state index is 0.483. The molecule has 0 aromatic carbocycles. The lowest BCUT2D eigenvalue weighted by Crippen LogP contribution is -2.30. The SMILES string of the molecule is Cc1cc(CNCC2CCC(C(C)(C)C)CC2)no1. The summed E-state index contributed by atoms with van der Waals surface area (Å²) in [6.07, 6.45) is 5.51. The summed E-state index contributed by atoms with van der Waals surface area (Å²) >= 11 is 0. The van der Waals surface area contributed by atoms with Crippen LogP contribution in [-0.2, 0) is 6.54 Å². The van der Waals surface area contributed by atoms with Gasteiger partial charge in [-0.05, 0) is 56.4 Å². The Balaban J connectivity index is 1.66. The lowest BCUT2D eigenvalue weighted by Gasteiger charge is -2.37. The quantitative estimate of drug-likeness (QED) is 0.895. The maximum Gasteiger partial charge on any atom is 0.133 e. The molecule has 19 heavy (non-hydrogen) atoms. The Labute approximate surface area is 117 Å². The highest BCUT2D eigenvalue weighted by Gasteiger charge is 2.29. The Kier molecular flexibility index (Phi) is 4.67. The Morgan fingerprint density at radius 2 is 1.95 bits per heavy atom. The molecule has 0 radical (unpaired) electrons. The van der Waals surface area contributed by atoms with Gasteiger partial charge in [0.2, 0.25) is 0 Å². The Morgan fingerprint density at radius 1 is 1.26 bits per heavy atom. The van der Waals surface area contributed by atoms with Crippen LogP contribution in [0.1, 0.15) is 57.9 Å². The summed E-state index contributed by atoms with van der Waals surface area (Å²) in [6.45, 7) is 11.0. The van der Waals surface area contributed by atoms with Gasteiger partial charge in [0.25, 0.3) is 0 Å². The van der Waals surface area contributed by atoms with Gasteiger partial charge < -0.3 is 9.84 Å². The van der Waals surface area contributed by atoms with Gasteiger partial charge in [-0.1, -0.05) is 25.9 Å². The zero-order valence-corrected chi connectivity index (χ0v) is 12.8. The maximum absolute atomic E-state index is 5.07. The molecule has 1 N–H and O–H groups in total. The summed E-state index contributed by atoms with van der Waals surface area (Å²) < 4.78 is 5.07. The fourth-order valence-electron chi connectivity index (χ4n) is 3.14. The van der Waals surface area contributed by atoms with E-state index >= 15 is 0 Å². The first-order chi connectivity index (χ1) is 8.95. The largest absolute Gasteiger partial charge is 0.361 e. The summed E-state index contributed by atoms with van der Waals surface area (Å²) in [6, 6.07) is 2.00. The van der Waals surface area contributed by atoms with E-state index in [0.717, 1.165) is 36.4 Å². The first-order valence-corrected chi connectivity index (χ1v) is 7.58. The van der Waals surface area contributed by atoms with Gasteiger partial charge in [-0.2, -0.15) is 0 Å². The Hall–Kier alpha value is -0.830. The first-order valence-electron chi connectivity index (χ1n) is 7.58. The van der Waals surface area contributed by atoms with Crippen LogP contribution in [0.4, 0.5) is 0 Å². The molecule has 108 valence electrons. The van der Waals surface area contributed by atoms with Crippen LogP contribution in [0.25, 0.3) is 0 Å². The molecule has 3 heteroatoms. The molecule has 1 heterocycles. The normalized spacial score (nSPS) is 24.6. The third-order valence-electron chi connectivity index (χ3n) is 4.49. The topological polar surface area (TPSA) is 38.1 Å². The molecule has 0 amide bonds. The van der Waals surface area contributed by atoms with Crippen molar-refractivity contribution in [3.05, 3.63) is 17.5 Å². The van der Waals surface area contributed by atoms with E-state index in [1.807, 2.05) is 13.0 Å². The summed E-state index contributed by atoms with van der Waals surface area (Å²) in [5, 5.41) is 7.52. The van der Waals surface area contributed by atoms with Crippen LogP contribution in [-0.4, -0.2) is 11.7 Å². The van der Waals surface area contributed by atoms with Crippen LogP contribution in [0.3, 0.4) is 0 Å². The molecule has 1 aromatic rings. The maximum atomic E-state index is 5.07. The van der Waals surface area contributed by atoms with Crippen molar-refractivity contribution in [3.8, 4) is 0 Å². The van der Waals surface area contributed by atoms with Crippen LogP contribution in [0.5, 0.6) is 0 Å². The van der Waals surface area contributed by atoms with Gasteiger partial charge in [0.05, 0.1) is 5.69 Å². The van der Waals surface area contributed by atoms with E-state index in [9.17, 15) is 0 Å². The van der Waals surface area contributed by atoms with Crippen molar-refractivity contribution in [2.24, 2.45) is 17.3 Å². The number of aromatic nitrogens is 1. The fourth-order valence-corrected chi connectivity index (χ4v) is 3.14. The average Bonchev–Trinajstić information content (AvgIpc) is 2.75. The summed E-state index contributed by atoms with van der Waals surface area (Å²) in [5.41, 5.74) is 1.50. The van der Waals surface area contributed by atoms with Gasteiger partial charge in [0.15, 0.2) is 0 Å². The van der Waals surface area contributed by atoms with E-state index in [4.69, 9.17) is 4.52 Å². The molecule has 0 aliphatic heterocycles. The van der Waals surface area contributed by atoms with Crippen molar-refractivity contribution in [1.82, 2.24) is 10.5 Å². The van der Waals surface area contributed by atoms with Crippen LogP contribution in [0, 0.1) is 24.2 Å². The molecule has 2 rings (SSSR count). The van der Waals surface area contributed by atoms with Crippen molar-refractivity contribution in [3.63, 3.8) is 0 Å². The number of nitrogens with one attached hydrogen (secondary N) is 1. The Morgan fingerprint density at radius 3 is 2.47 bits per heavy atom. The van der Waals surface area contributed by atoms with Crippen molar-refractivity contribution in [1.29, 1.82) is 0 Å². The average molecular weight is 264 g/mol. The second kappa shape index (κ2) is 6.08. The molecule has 3 nitrogen and oxygen atoms in total.